The van der Waals surface area contributed by atoms with Crippen LogP contribution in [0.3, 0.4) is 0 Å². The van der Waals surface area contributed by atoms with Crippen LogP contribution in [0.2, 0.25) is 0 Å². The molecule has 5 nitrogen and oxygen atoms in total. The van der Waals surface area contributed by atoms with Crippen molar-refractivity contribution in [2.45, 2.75) is 123 Å². The molecule has 1 aromatic rings. The topological polar surface area (TPSA) is 72.5 Å². The van der Waals surface area contributed by atoms with E-state index in [2.05, 4.69) is 12.2 Å². The van der Waals surface area contributed by atoms with Gasteiger partial charge in [-0.05, 0) is 24.6 Å². The van der Waals surface area contributed by atoms with Crippen molar-refractivity contribution in [3.63, 3.8) is 0 Å². The molecule has 0 aliphatic heterocycles. The molecule has 1 amide bonds. The lowest BCUT2D eigenvalue weighted by Gasteiger charge is -2.20. The zero-order valence-corrected chi connectivity index (χ0v) is 23.8. The Morgan fingerprint density at radius 1 is 0.833 bits per heavy atom. The summed E-state index contributed by atoms with van der Waals surface area (Å²) in [5, 5.41) is 1.32. The Bertz CT molecular complexity index is 787. The number of hydrogen-bond donors (Lipinski definition) is 1. The number of benzene rings is 1. The number of rotatable bonds is 19. The predicted molar refractivity (Wildman–Crippen MR) is 150 cm³/mol. The Morgan fingerprint density at radius 2 is 1.33 bits per heavy atom. The van der Waals surface area contributed by atoms with Crippen LogP contribution in [-0.2, 0) is 14.3 Å². The van der Waals surface area contributed by atoms with Gasteiger partial charge in [0.2, 0.25) is 5.91 Å². The zero-order valence-electron chi connectivity index (χ0n) is 23.0. The molecule has 6 heteroatoms. The summed E-state index contributed by atoms with van der Waals surface area (Å²) in [7, 11) is 0. The second-order valence-electron chi connectivity index (χ2n) is 10.8. The van der Waals surface area contributed by atoms with E-state index in [0.717, 1.165) is 12.8 Å². The van der Waals surface area contributed by atoms with Crippen LogP contribution in [0.15, 0.2) is 24.3 Å². The third-order valence-corrected chi connectivity index (χ3v) is 6.69. The smallest absolute Gasteiger partial charge is 0.338 e. The highest BCUT2D eigenvalue weighted by Crippen LogP contribution is 2.21. The standard InChI is InChI=1S/C30H48ClNO4/c1-5-6-7-8-9-10-11-12-13-14-15-16-17-18-22-36-29(35)24-20-19-21-25(23-24)32-28(34)26(31)27(33)30(2,3)4/h19-21,23,26H,5-18,22H2,1-4H3,(H,32,34). The predicted octanol–water partition coefficient (Wildman–Crippen LogP) is 8.49. The third-order valence-electron chi connectivity index (χ3n) is 6.30. The van der Waals surface area contributed by atoms with Crippen molar-refractivity contribution in [2.75, 3.05) is 11.9 Å². The van der Waals surface area contributed by atoms with Gasteiger partial charge in [-0.3, -0.25) is 9.59 Å². The number of ether oxygens (including phenoxy) is 1. The molecule has 0 spiro atoms. The number of nitrogens with one attached hydrogen (secondary N) is 1. The second kappa shape index (κ2) is 18.4. The first kappa shape index (κ1) is 32.1. The summed E-state index contributed by atoms with van der Waals surface area (Å²) in [6.07, 6.45) is 17.9. The first-order valence-corrected chi connectivity index (χ1v) is 14.4. The maximum atomic E-state index is 12.4. The monoisotopic (exact) mass is 521 g/mol. The van der Waals surface area contributed by atoms with Crippen molar-refractivity contribution in [2.24, 2.45) is 5.41 Å². The molecular formula is C30H48ClNO4. The Kier molecular flexibility index (Phi) is 16.4. The SMILES string of the molecule is CCCCCCCCCCCCCCCCOC(=O)c1cccc(NC(=O)C(Cl)C(=O)C(C)(C)C)c1. The summed E-state index contributed by atoms with van der Waals surface area (Å²) >= 11 is 6.04. The average Bonchev–Trinajstić information content (AvgIpc) is 2.84. The minimum absolute atomic E-state index is 0.353. The van der Waals surface area contributed by atoms with E-state index in [0.29, 0.717) is 17.9 Å². The highest BCUT2D eigenvalue weighted by molar-refractivity contribution is 6.43. The molecule has 36 heavy (non-hydrogen) atoms. The first-order chi connectivity index (χ1) is 17.2. The molecule has 0 heterocycles. The molecule has 1 aromatic carbocycles. The van der Waals surface area contributed by atoms with Gasteiger partial charge in [-0.25, -0.2) is 4.79 Å². The summed E-state index contributed by atoms with van der Waals surface area (Å²) in [6.45, 7) is 7.79. The molecule has 0 bridgehead atoms. The average molecular weight is 522 g/mol. The molecule has 0 radical (unpaired) electrons. The number of alkyl halides is 1. The van der Waals surface area contributed by atoms with Crippen LogP contribution in [0.1, 0.15) is 128 Å². The minimum Gasteiger partial charge on any atom is -0.462 e. The van der Waals surface area contributed by atoms with E-state index >= 15 is 0 Å². The highest BCUT2D eigenvalue weighted by atomic mass is 35.5. The summed E-state index contributed by atoms with van der Waals surface area (Å²) < 4.78 is 5.39. The largest absolute Gasteiger partial charge is 0.462 e. The van der Waals surface area contributed by atoms with E-state index < -0.39 is 22.7 Å². The highest BCUT2D eigenvalue weighted by Gasteiger charge is 2.33. The van der Waals surface area contributed by atoms with Gasteiger partial charge in [0.05, 0.1) is 12.2 Å². The molecule has 1 unspecified atom stereocenters. The number of Topliss-reactive ketones (excluding diaryl/α,β-unsaturated/α-hetero) is 1. The summed E-state index contributed by atoms with van der Waals surface area (Å²) in [5.74, 6) is -1.39. The van der Waals surface area contributed by atoms with Gasteiger partial charge in [-0.15, -0.1) is 11.6 Å². The summed E-state index contributed by atoms with van der Waals surface area (Å²) in [5.41, 5.74) is 0.0348. The molecule has 0 fully saturated rings. The van der Waals surface area contributed by atoms with Crippen molar-refractivity contribution < 1.29 is 19.1 Å². The van der Waals surface area contributed by atoms with Crippen LogP contribution in [-0.4, -0.2) is 29.6 Å². The lowest BCUT2D eigenvalue weighted by molar-refractivity contribution is -0.130. The van der Waals surface area contributed by atoms with Crippen LogP contribution in [0.25, 0.3) is 0 Å². The van der Waals surface area contributed by atoms with E-state index in [-0.39, 0.29) is 5.78 Å². The second-order valence-corrected chi connectivity index (χ2v) is 11.2. The molecule has 0 aliphatic rings. The van der Waals surface area contributed by atoms with E-state index in [1.807, 2.05) is 0 Å². The van der Waals surface area contributed by atoms with Crippen molar-refractivity contribution >= 4 is 34.9 Å². The first-order valence-electron chi connectivity index (χ1n) is 13.9. The number of carbonyl (C=O) groups is 3. The number of esters is 1. The third kappa shape index (κ3) is 14.0. The fourth-order valence-corrected chi connectivity index (χ4v) is 4.36. The Balaban J connectivity index is 2.17. The van der Waals surface area contributed by atoms with Crippen molar-refractivity contribution in [1.29, 1.82) is 0 Å². The lowest BCUT2D eigenvalue weighted by atomic mass is 9.88. The molecule has 0 aliphatic carbocycles. The van der Waals surface area contributed by atoms with E-state index in [1.54, 1.807) is 39.0 Å². The Labute approximate surface area is 224 Å². The quantitative estimate of drug-likeness (QED) is 0.0856. The van der Waals surface area contributed by atoms with Crippen molar-refractivity contribution in [1.82, 2.24) is 0 Å². The van der Waals surface area contributed by atoms with Gasteiger partial charge in [0.15, 0.2) is 11.2 Å². The van der Waals surface area contributed by atoms with Crippen LogP contribution in [0.5, 0.6) is 0 Å². The summed E-state index contributed by atoms with van der Waals surface area (Å²) in [6, 6.07) is 6.49. The molecule has 1 rings (SSSR count). The van der Waals surface area contributed by atoms with Gasteiger partial charge in [0.1, 0.15) is 0 Å². The van der Waals surface area contributed by atoms with Gasteiger partial charge in [-0.2, -0.15) is 0 Å². The van der Waals surface area contributed by atoms with Gasteiger partial charge in [-0.1, -0.05) is 117 Å². The van der Waals surface area contributed by atoms with Gasteiger partial charge in [0.25, 0.3) is 0 Å². The van der Waals surface area contributed by atoms with E-state index in [9.17, 15) is 14.4 Å². The van der Waals surface area contributed by atoms with Crippen LogP contribution >= 0.6 is 11.6 Å². The van der Waals surface area contributed by atoms with Crippen molar-refractivity contribution in [3.8, 4) is 0 Å². The molecule has 0 saturated heterocycles. The van der Waals surface area contributed by atoms with Crippen LogP contribution in [0.4, 0.5) is 5.69 Å². The number of ketones is 1. The fourth-order valence-electron chi connectivity index (χ4n) is 3.97. The molecule has 1 atom stereocenters. The number of anilines is 1. The lowest BCUT2D eigenvalue weighted by Crippen LogP contribution is -2.37. The number of amides is 1. The molecule has 1 N–H and O–H groups in total. The van der Waals surface area contributed by atoms with Crippen LogP contribution < -0.4 is 5.32 Å². The molecule has 0 saturated carbocycles. The number of hydrogen-bond acceptors (Lipinski definition) is 4. The maximum absolute atomic E-state index is 12.4. The minimum atomic E-state index is -1.29. The number of unbranched alkanes of at least 4 members (excludes halogenated alkanes) is 13. The Hall–Kier alpha value is -1.88. The summed E-state index contributed by atoms with van der Waals surface area (Å²) in [4.78, 5) is 36.9. The number of carbonyl (C=O) groups excluding carboxylic acids is 3. The van der Waals surface area contributed by atoms with E-state index in [1.165, 1.54) is 83.1 Å². The molecule has 204 valence electrons. The van der Waals surface area contributed by atoms with Gasteiger partial charge in [0, 0.05) is 11.1 Å². The molecular weight excluding hydrogens is 474 g/mol. The van der Waals surface area contributed by atoms with Crippen molar-refractivity contribution in [3.05, 3.63) is 29.8 Å². The number of halogens is 1. The Morgan fingerprint density at radius 3 is 1.83 bits per heavy atom. The van der Waals surface area contributed by atoms with E-state index in [4.69, 9.17) is 16.3 Å². The molecule has 0 aromatic heterocycles. The normalized spacial score (nSPS) is 12.2. The maximum Gasteiger partial charge on any atom is 0.338 e. The van der Waals surface area contributed by atoms with Crippen LogP contribution in [0, 0.1) is 5.41 Å². The fraction of sp³-hybridized carbons (Fsp3) is 0.700. The van der Waals surface area contributed by atoms with Gasteiger partial charge >= 0.3 is 5.97 Å². The zero-order chi connectivity index (χ0) is 26.8. The van der Waals surface area contributed by atoms with Gasteiger partial charge < -0.3 is 10.1 Å².